The molecular weight excluding hydrogens is 188 g/mol. The zero-order valence-corrected chi connectivity index (χ0v) is 10.2. The van der Waals surface area contributed by atoms with E-state index >= 15 is 0 Å². The van der Waals surface area contributed by atoms with Crippen molar-refractivity contribution in [3.63, 3.8) is 0 Å². The van der Waals surface area contributed by atoms with E-state index in [1.807, 2.05) is 18.7 Å². The van der Waals surface area contributed by atoms with E-state index in [0.29, 0.717) is 6.04 Å². The van der Waals surface area contributed by atoms with Crippen LogP contribution in [0.1, 0.15) is 26.0 Å². The number of rotatable bonds is 6. The fourth-order valence-corrected chi connectivity index (χ4v) is 1.47. The molecule has 86 valence electrons. The second kappa shape index (κ2) is 5.75. The molecule has 15 heavy (non-hydrogen) atoms. The second-order valence-corrected chi connectivity index (χ2v) is 4.18. The van der Waals surface area contributed by atoms with Crippen LogP contribution in [0.3, 0.4) is 0 Å². The number of hydrogen-bond acceptors (Lipinski definition) is 3. The van der Waals surface area contributed by atoms with E-state index in [9.17, 15) is 0 Å². The lowest BCUT2D eigenvalue weighted by molar-refractivity contribution is 0.577. The first-order valence-corrected chi connectivity index (χ1v) is 5.57. The van der Waals surface area contributed by atoms with Crippen molar-refractivity contribution >= 4 is 5.82 Å². The second-order valence-electron chi connectivity index (χ2n) is 4.18. The van der Waals surface area contributed by atoms with Crippen LogP contribution in [-0.4, -0.2) is 28.9 Å². The standard InChI is InChI=1S/C11H22N4/c1-9(2)12-6-5-7-13-11-8-10(3)14-15(11)4/h8-9,12-13H,5-7H2,1-4H3. The van der Waals surface area contributed by atoms with Gasteiger partial charge < -0.3 is 10.6 Å². The Hall–Kier alpha value is -1.03. The summed E-state index contributed by atoms with van der Waals surface area (Å²) in [5.41, 5.74) is 1.06. The maximum absolute atomic E-state index is 4.28. The van der Waals surface area contributed by atoms with E-state index in [0.717, 1.165) is 31.0 Å². The van der Waals surface area contributed by atoms with E-state index in [4.69, 9.17) is 0 Å². The minimum atomic E-state index is 0.573. The molecule has 1 rings (SSSR count). The van der Waals surface area contributed by atoms with Crippen molar-refractivity contribution in [1.82, 2.24) is 15.1 Å². The smallest absolute Gasteiger partial charge is 0.124 e. The molecule has 0 atom stereocenters. The highest BCUT2D eigenvalue weighted by molar-refractivity contribution is 5.36. The summed E-state index contributed by atoms with van der Waals surface area (Å²) in [7, 11) is 1.96. The Kier molecular flexibility index (Phi) is 4.62. The van der Waals surface area contributed by atoms with Gasteiger partial charge in [0.25, 0.3) is 0 Å². The molecule has 0 saturated carbocycles. The van der Waals surface area contributed by atoms with Crippen LogP contribution in [0.25, 0.3) is 0 Å². The van der Waals surface area contributed by atoms with Gasteiger partial charge in [-0.1, -0.05) is 13.8 Å². The molecule has 1 aromatic heterocycles. The van der Waals surface area contributed by atoms with E-state index in [1.54, 1.807) is 0 Å². The number of aromatic nitrogens is 2. The van der Waals surface area contributed by atoms with Gasteiger partial charge in [0.15, 0.2) is 0 Å². The van der Waals surface area contributed by atoms with Crippen LogP contribution < -0.4 is 10.6 Å². The zero-order valence-electron chi connectivity index (χ0n) is 10.2. The third kappa shape index (κ3) is 4.34. The quantitative estimate of drug-likeness (QED) is 0.700. The Morgan fingerprint density at radius 3 is 2.67 bits per heavy atom. The Morgan fingerprint density at radius 1 is 1.40 bits per heavy atom. The summed E-state index contributed by atoms with van der Waals surface area (Å²) in [6.07, 6.45) is 1.13. The number of anilines is 1. The van der Waals surface area contributed by atoms with E-state index in [2.05, 4.69) is 35.6 Å². The van der Waals surface area contributed by atoms with Crippen molar-refractivity contribution in [3.8, 4) is 0 Å². The molecular formula is C11H22N4. The van der Waals surface area contributed by atoms with Crippen LogP contribution in [0, 0.1) is 6.92 Å². The molecule has 0 spiro atoms. The lowest BCUT2D eigenvalue weighted by atomic mass is 10.3. The number of nitrogens with zero attached hydrogens (tertiary/aromatic N) is 2. The van der Waals surface area contributed by atoms with Crippen LogP contribution in [0.15, 0.2) is 6.07 Å². The maximum Gasteiger partial charge on any atom is 0.124 e. The molecule has 0 bridgehead atoms. The van der Waals surface area contributed by atoms with Gasteiger partial charge in [-0.3, -0.25) is 4.68 Å². The van der Waals surface area contributed by atoms with Gasteiger partial charge in [0.2, 0.25) is 0 Å². The van der Waals surface area contributed by atoms with Crippen LogP contribution in [0.2, 0.25) is 0 Å². The Balaban J connectivity index is 2.17. The number of nitrogens with one attached hydrogen (secondary N) is 2. The molecule has 0 fully saturated rings. The number of aryl methyl sites for hydroxylation is 2. The van der Waals surface area contributed by atoms with Gasteiger partial charge in [0.1, 0.15) is 5.82 Å². The minimum Gasteiger partial charge on any atom is -0.370 e. The lowest BCUT2D eigenvalue weighted by Gasteiger charge is -2.09. The van der Waals surface area contributed by atoms with Crippen molar-refractivity contribution in [2.75, 3.05) is 18.4 Å². The largest absolute Gasteiger partial charge is 0.370 e. The molecule has 0 unspecified atom stereocenters. The fraction of sp³-hybridized carbons (Fsp3) is 0.727. The molecule has 1 aromatic rings. The highest BCUT2D eigenvalue weighted by Gasteiger charge is 1.99. The first kappa shape index (κ1) is 12.0. The molecule has 2 N–H and O–H groups in total. The predicted molar refractivity (Wildman–Crippen MR) is 64.2 cm³/mol. The summed E-state index contributed by atoms with van der Waals surface area (Å²) in [4.78, 5) is 0. The van der Waals surface area contributed by atoms with Crippen molar-refractivity contribution in [2.24, 2.45) is 7.05 Å². The third-order valence-electron chi connectivity index (χ3n) is 2.21. The lowest BCUT2D eigenvalue weighted by Crippen LogP contribution is -2.25. The predicted octanol–water partition coefficient (Wildman–Crippen LogP) is 1.53. The zero-order chi connectivity index (χ0) is 11.3. The monoisotopic (exact) mass is 210 g/mol. The molecule has 0 aliphatic heterocycles. The average molecular weight is 210 g/mol. The summed E-state index contributed by atoms with van der Waals surface area (Å²) < 4.78 is 1.88. The first-order chi connectivity index (χ1) is 7.09. The van der Waals surface area contributed by atoms with Crippen molar-refractivity contribution in [2.45, 2.75) is 33.2 Å². The molecule has 1 heterocycles. The molecule has 0 saturated heterocycles. The molecule has 0 aliphatic carbocycles. The van der Waals surface area contributed by atoms with Gasteiger partial charge in [-0.05, 0) is 19.9 Å². The fourth-order valence-electron chi connectivity index (χ4n) is 1.47. The molecule has 0 aliphatic rings. The maximum atomic E-state index is 4.28. The Labute approximate surface area is 92.1 Å². The number of hydrogen-bond donors (Lipinski definition) is 2. The summed E-state index contributed by atoms with van der Waals surface area (Å²) in [5.74, 6) is 1.09. The molecule has 0 aromatic carbocycles. The third-order valence-corrected chi connectivity index (χ3v) is 2.21. The highest BCUT2D eigenvalue weighted by atomic mass is 15.3. The van der Waals surface area contributed by atoms with E-state index in [-0.39, 0.29) is 0 Å². The normalized spacial score (nSPS) is 11.0. The molecule has 4 heteroatoms. The Morgan fingerprint density at radius 2 is 2.13 bits per heavy atom. The van der Waals surface area contributed by atoms with E-state index < -0.39 is 0 Å². The van der Waals surface area contributed by atoms with Gasteiger partial charge in [-0.2, -0.15) is 5.10 Å². The Bertz CT molecular complexity index is 291. The summed E-state index contributed by atoms with van der Waals surface area (Å²) >= 11 is 0. The van der Waals surface area contributed by atoms with Crippen molar-refractivity contribution in [1.29, 1.82) is 0 Å². The summed E-state index contributed by atoms with van der Waals surface area (Å²) in [6.45, 7) is 8.38. The van der Waals surface area contributed by atoms with Gasteiger partial charge in [-0.15, -0.1) is 0 Å². The average Bonchev–Trinajstić information content (AvgIpc) is 2.44. The molecule has 0 radical (unpaired) electrons. The summed E-state index contributed by atoms with van der Waals surface area (Å²) in [5, 5.41) is 11.0. The topological polar surface area (TPSA) is 41.9 Å². The van der Waals surface area contributed by atoms with Crippen LogP contribution in [0.5, 0.6) is 0 Å². The van der Waals surface area contributed by atoms with Crippen LogP contribution in [-0.2, 0) is 7.05 Å². The van der Waals surface area contributed by atoms with Gasteiger partial charge >= 0.3 is 0 Å². The SMILES string of the molecule is Cc1cc(NCCCNC(C)C)n(C)n1. The molecule has 0 amide bonds. The van der Waals surface area contributed by atoms with Crippen molar-refractivity contribution in [3.05, 3.63) is 11.8 Å². The molecule has 4 nitrogen and oxygen atoms in total. The highest BCUT2D eigenvalue weighted by Crippen LogP contribution is 2.07. The van der Waals surface area contributed by atoms with Crippen LogP contribution in [0.4, 0.5) is 5.82 Å². The minimum absolute atomic E-state index is 0.573. The van der Waals surface area contributed by atoms with Crippen LogP contribution >= 0.6 is 0 Å². The van der Waals surface area contributed by atoms with Gasteiger partial charge in [0.05, 0.1) is 5.69 Å². The van der Waals surface area contributed by atoms with E-state index in [1.165, 1.54) is 0 Å². The first-order valence-electron chi connectivity index (χ1n) is 5.57. The van der Waals surface area contributed by atoms with Gasteiger partial charge in [0, 0.05) is 25.7 Å². The summed E-state index contributed by atoms with van der Waals surface area (Å²) in [6, 6.07) is 2.64. The van der Waals surface area contributed by atoms with Crippen molar-refractivity contribution < 1.29 is 0 Å². The van der Waals surface area contributed by atoms with Gasteiger partial charge in [-0.25, -0.2) is 0 Å².